The summed E-state index contributed by atoms with van der Waals surface area (Å²) in [4.78, 5) is 26.9. The zero-order chi connectivity index (χ0) is 13.5. The first-order valence-corrected chi connectivity index (χ1v) is 5.66. The predicted molar refractivity (Wildman–Crippen MR) is 65.4 cm³/mol. The van der Waals surface area contributed by atoms with Crippen LogP contribution < -0.4 is 11.1 Å². The molecule has 1 rings (SSSR count). The lowest BCUT2D eigenvalue weighted by Crippen LogP contribution is -2.46. The van der Waals surface area contributed by atoms with Gasteiger partial charge in [0.05, 0.1) is 18.8 Å². The van der Waals surface area contributed by atoms with Crippen LogP contribution in [0.4, 0.5) is 0 Å². The fourth-order valence-corrected chi connectivity index (χ4v) is 1.32. The van der Waals surface area contributed by atoms with Crippen LogP contribution in [-0.4, -0.2) is 29.5 Å². The summed E-state index contributed by atoms with van der Waals surface area (Å²) in [5, 5.41) is 2.55. The number of nitrogens with zero attached hydrogens (tertiary/aromatic N) is 1. The number of carbonyl (C=O) groups excluding carboxylic acids is 2. The molecule has 3 N–H and O–H groups in total. The Morgan fingerprint density at radius 1 is 1.56 bits per heavy atom. The lowest BCUT2D eigenvalue weighted by molar-refractivity contribution is -0.148. The van der Waals surface area contributed by atoms with Gasteiger partial charge in [-0.05, 0) is 25.5 Å². The number of aromatic nitrogens is 1. The summed E-state index contributed by atoms with van der Waals surface area (Å²) in [5.74, 6) is -1.30. The van der Waals surface area contributed by atoms with E-state index in [0.29, 0.717) is 0 Å². The molecule has 0 fully saturated rings. The highest BCUT2D eigenvalue weighted by atomic mass is 16.5. The van der Waals surface area contributed by atoms with Crippen LogP contribution >= 0.6 is 0 Å². The van der Waals surface area contributed by atoms with Crippen molar-refractivity contribution in [2.45, 2.75) is 26.4 Å². The van der Waals surface area contributed by atoms with Crippen molar-refractivity contribution in [2.75, 3.05) is 6.61 Å². The summed E-state index contributed by atoms with van der Waals surface area (Å²) >= 11 is 0. The molecule has 1 heterocycles. The topological polar surface area (TPSA) is 94.3 Å². The fourth-order valence-electron chi connectivity index (χ4n) is 1.32. The van der Waals surface area contributed by atoms with E-state index in [0.717, 1.165) is 11.3 Å². The van der Waals surface area contributed by atoms with E-state index in [1.54, 1.807) is 13.1 Å². The molecule has 6 heteroatoms. The predicted octanol–water partition coefficient (Wildman–Crippen LogP) is -0.103. The van der Waals surface area contributed by atoms with Gasteiger partial charge in [0.1, 0.15) is 0 Å². The quantitative estimate of drug-likeness (QED) is 0.563. The Morgan fingerprint density at radius 2 is 2.28 bits per heavy atom. The summed E-state index contributed by atoms with van der Waals surface area (Å²) < 4.78 is 4.66. The van der Waals surface area contributed by atoms with Gasteiger partial charge in [-0.15, -0.1) is 0 Å². The van der Waals surface area contributed by atoms with Crippen LogP contribution in [0, 0.1) is 6.92 Å². The molecule has 0 spiro atoms. The smallest absolute Gasteiger partial charge is 0.332 e. The van der Waals surface area contributed by atoms with Crippen LogP contribution in [0.5, 0.6) is 0 Å². The summed E-state index contributed by atoms with van der Waals surface area (Å²) in [5.41, 5.74) is 7.14. The van der Waals surface area contributed by atoms with Crippen molar-refractivity contribution in [2.24, 2.45) is 5.73 Å². The van der Waals surface area contributed by atoms with Gasteiger partial charge in [0.2, 0.25) is 5.91 Å². The first-order chi connectivity index (χ1) is 8.56. The van der Waals surface area contributed by atoms with Gasteiger partial charge in [-0.1, -0.05) is 6.07 Å². The van der Waals surface area contributed by atoms with E-state index in [9.17, 15) is 9.59 Å². The highest BCUT2D eigenvalue weighted by Crippen LogP contribution is 2.02. The highest BCUT2D eigenvalue weighted by Gasteiger charge is 2.23. The summed E-state index contributed by atoms with van der Waals surface area (Å²) in [6.45, 7) is 3.97. The summed E-state index contributed by atoms with van der Waals surface area (Å²) in [7, 11) is 0. The van der Waals surface area contributed by atoms with E-state index >= 15 is 0 Å². The number of carbonyl (C=O) groups is 2. The van der Waals surface area contributed by atoms with Gasteiger partial charge in [0, 0.05) is 6.20 Å². The molecule has 1 amide bonds. The minimum absolute atomic E-state index is 0.194. The van der Waals surface area contributed by atoms with Crippen molar-refractivity contribution >= 4 is 11.9 Å². The van der Waals surface area contributed by atoms with Crippen LogP contribution in [0.3, 0.4) is 0 Å². The molecule has 1 atom stereocenters. The van der Waals surface area contributed by atoms with Gasteiger partial charge in [0.15, 0.2) is 6.04 Å². The summed E-state index contributed by atoms with van der Waals surface area (Å²) in [6, 6.07) is 2.40. The number of nitrogens with one attached hydrogen (secondary N) is 1. The van der Waals surface area contributed by atoms with E-state index < -0.39 is 17.9 Å². The lowest BCUT2D eigenvalue weighted by atomic mass is 10.2. The van der Waals surface area contributed by atoms with Crippen LogP contribution in [0.1, 0.15) is 18.2 Å². The van der Waals surface area contributed by atoms with Crippen molar-refractivity contribution in [1.29, 1.82) is 0 Å². The average Bonchev–Trinajstić information content (AvgIpc) is 2.36. The van der Waals surface area contributed by atoms with Crippen molar-refractivity contribution < 1.29 is 14.3 Å². The number of ether oxygens (including phenoxy) is 1. The molecule has 1 unspecified atom stereocenters. The Kier molecular flexibility index (Phi) is 5.26. The average molecular weight is 251 g/mol. The van der Waals surface area contributed by atoms with E-state index in [-0.39, 0.29) is 13.2 Å². The number of aryl methyl sites for hydroxylation is 1. The fraction of sp³-hybridized carbons (Fsp3) is 0.417. The molecule has 0 bridgehead atoms. The summed E-state index contributed by atoms with van der Waals surface area (Å²) in [6.07, 6.45) is 1.64. The highest BCUT2D eigenvalue weighted by molar-refractivity contribution is 6.01. The number of rotatable bonds is 5. The minimum atomic E-state index is -1.30. The Morgan fingerprint density at radius 3 is 2.89 bits per heavy atom. The minimum Gasteiger partial charge on any atom is -0.464 e. The molecule has 0 saturated heterocycles. The molecule has 1 aromatic heterocycles. The molecule has 1 aromatic rings. The Hall–Kier alpha value is -1.95. The van der Waals surface area contributed by atoms with Gasteiger partial charge in [-0.3, -0.25) is 9.78 Å². The second-order valence-electron chi connectivity index (χ2n) is 3.71. The number of nitrogens with two attached hydrogens (primary N) is 1. The maximum Gasteiger partial charge on any atom is 0.332 e. The third kappa shape index (κ3) is 3.81. The molecule has 18 heavy (non-hydrogen) atoms. The van der Waals surface area contributed by atoms with Gasteiger partial charge >= 0.3 is 5.97 Å². The monoisotopic (exact) mass is 251 g/mol. The first-order valence-electron chi connectivity index (χ1n) is 5.66. The molecular formula is C12H17N3O3. The van der Waals surface area contributed by atoms with Crippen molar-refractivity contribution in [3.8, 4) is 0 Å². The zero-order valence-corrected chi connectivity index (χ0v) is 10.5. The number of hydrogen-bond donors (Lipinski definition) is 2. The van der Waals surface area contributed by atoms with Crippen LogP contribution in [0.2, 0.25) is 0 Å². The van der Waals surface area contributed by atoms with E-state index in [1.807, 2.05) is 19.1 Å². The largest absolute Gasteiger partial charge is 0.464 e. The maximum atomic E-state index is 11.6. The molecule has 0 aliphatic carbocycles. The molecule has 0 aromatic carbocycles. The standard InChI is InChI=1S/C12H17N3O3/c1-3-18-12(17)10(13)11(16)15-7-9-8(2)5-4-6-14-9/h4-6,10H,3,7,13H2,1-2H3,(H,15,16). The van der Waals surface area contributed by atoms with Crippen molar-refractivity contribution in [3.05, 3.63) is 29.6 Å². The number of pyridine rings is 1. The molecule has 6 nitrogen and oxygen atoms in total. The second kappa shape index (κ2) is 6.70. The van der Waals surface area contributed by atoms with E-state index in [1.165, 1.54) is 0 Å². The van der Waals surface area contributed by atoms with E-state index in [2.05, 4.69) is 15.0 Å². The van der Waals surface area contributed by atoms with Crippen LogP contribution in [0.25, 0.3) is 0 Å². The molecule has 0 saturated carbocycles. The number of esters is 1. The van der Waals surface area contributed by atoms with Crippen molar-refractivity contribution in [3.63, 3.8) is 0 Å². The van der Waals surface area contributed by atoms with Crippen LogP contribution in [0.15, 0.2) is 18.3 Å². The van der Waals surface area contributed by atoms with E-state index in [4.69, 9.17) is 5.73 Å². The number of hydrogen-bond acceptors (Lipinski definition) is 5. The second-order valence-corrected chi connectivity index (χ2v) is 3.71. The first kappa shape index (κ1) is 14.1. The molecule has 0 radical (unpaired) electrons. The van der Waals surface area contributed by atoms with Gasteiger partial charge in [-0.2, -0.15) is 0 Å². The third-order valence-electron chi connectivity index (χ3n) is 2.37. The van der Waals surface area contributed by atoms with Crippen molar-refractivity contribution in [1.82, 2.24) is 10.3 Å². The molecule has 0 aliphatic heterocycles. The van der Waals surface area contributed by atoms with Crippen LogP contribution in [-0.2, 0) is 20.9 Å². The Bertz CT molecular complexity index is 434. The van der Waals surface area contributed by atoms with Gasteiger partial charge < -0.3 is 15.8 Å². The maximum absolute atomic E-state index is 11.6. The molecule has 0 aliphatic rings. The molecular weight excluding hydrogens is 234 g/mol. The Balaban J connectivity index is 2.51. The third-order valence-corrected chi connectivity index (χ3v) is 2.37. The lowest BCUT2D eigenvalue weighted by Gasteiger charge is -2.11. The Labute approximate surface area is 106 Å². The molecule has 98 valence electrons. The SMILES string of the molecule is CCOC(=O)C(N)C(=O)NCc1ncccc1C. The van der Waals surface area contributed by atoms with Gasteiger partial charge in [-0.25, -0.2) is 4.79 Å². The number of amides is 1. The zero-order valence-electron chi connectivity index (χ0n) is 10.5. The normalized spacial score (nSPS) is 11.7. The van der Waals surface area contributed by atoms with Gasteiger partial charge in [0.25, 0.3) is 0 Å².